The predicted octanol–water partition coefficient (Wildman–Crippen LogP) is 1.09. The molecule has 0 saturated heterocycles. The minimum Gasteiger partial charge on any atom is -0.480 e. The molecule has 0 aliphatic rings. The van der Waals surface area contributed by atoms with Gasteiger partial charge in [-0.05, 0) is 24.5 Å². The van der Waals surface area contributed by atoms with Crippen molar-refractivity contribution in [1.29, 1.82) is 0 Å². The second-order valence-corrected chi connectivity index (χ2v) is 4.46. The van der Waals surface area contributed by atoms with Crippen LogP contribution < -0.4 is 11.1 Å². The molecule has 0 radical (unpaired) electrons. The van der Waals surface area contributed by atoms with Crippen molar-refractivity contribution in [3.63, 3.8) is 0 Å². The number of carbonyl (C=O) groups excluding carboxylic acids is 1. The van der Waals surface area contributed by atoms with Crippen molar-refractivity contribution >= 4 is 17.7 Å². The molecule has 1 heterocycles. The molecule has 1 aromatic rings. The van der Waals surface area contributed by atoms with Crippen LogP contribution in [-0.4, -0.2) is 28.0 Å². The summed E-state index contributed by atoms with van der Waals surface area (Å²) in [4.78, 5) is 26.0. The van der Waals surface area contributed by atoms with Crippen molar-refractivity contribution < 1.29 is 14.7 Å². The van der Waals surface area contributed by atoms with Gasteiger partial charge in [-0.1, -0.05) is 13.8 Å². The Morgan fingerprint density at radius 1 is 1.50 bits per heavy atom. The fraction of sp³-hybridized carbons (Fsp3) is 0.417. The molecule has 6 heteroatoms. The quantitative estimate of drug-likeness (QED) is 0.701. The number of aliphatic carboxylic acids is 1. The molecule has 6 nitrogen and oxygen atoms in total. The van der Waals surface area contributed by atoms with E-state index in [1.165, 1.54) is 18.3 Å². The van der Waals surface area contributed by atoms with Gasteiger partial charge in [-0.2, -0.15) is 0 Å². The van der Waals surface area contributed by atoms with Crippen molar-refractivity contribution in [2.75, 3.05) is 5.32 Å². The summed E-state index contributed by atoms with van der Waals surface area (Å²) in [5.41, 5.74) is 5.44. The molecule has 18 heavy (non-hydrogen) atoms. The zero-order chi connectivity index (χ0) is 13.7. The first-order valence-electron chi connectivity index (χ1n) is 5.65. The number of anilines is 1. The molecule has 0 saturated carbocycles. The van der Waals surface area contributed by atoms with Crippen LogP contribution in [0.15, 0.2) is 18.3 Å². The third kappa shape index (κ3) is 4.04. The van der Waals surface area contributed by atoms with Crippen LogP contribution in [0.2, 0.25) is 0 Å². The van der Waals surface area contributed by atoms with Crippen molar-refractivity contribution in [2.24, 2.45) is 11.7 Å². The summed E-state index contributed by atoms with van der Waals surface area (Å²) in [6.07, 6.45) is 1.88. The first kappa shape index (κ1) is 14.0. The molecule has 0 bridgehead atoms. The molecule has 1 unspecified atom stereocenters. The lowest BCUT2D eigenvalue weighted by molar-refractivity contribution is -0.138. The Morgan fingerprint density at radius 3 is 2.67 bits per heavy atom. The van der Waals surface area contributed by atoms with Gasteiger partial charge in [-0.3, -0.25) is 4.79 Å². The molecule has 1 aromatic heterocycles. The van der Waals surface area contributed by atoms with E-state index in [-0.39, 0.29) is 5.92 Å². The van der Waals surface area contributed by atoms with E-state index in [1.807, 2.05) is 13.8 Å². The highest BCUT2D eigenvalue weighted by molar-refractivity contribution is 5.93. The Labute approximate surface area is 105 Å². The fourth-order valence-corrected chi connectivity index (χ4v) is 1.53. The van der Waals surface area contributed by atoms with Gasteiger partial charge in [-0.25, -0.2) is 9.78 Å². The van der Waals surface area contributed by atoms with Crippen LogP contribution in [0.1, 0.15) is 30.6 Å². The summed E-state index contributed by atoms with van der Waals surface area (Å²) in [6.45, 7) is 3.87. The number of hydrogen-bond donors (Lipinski definition) is 3. The Hall–Kier alpha value is -2.11. The zero-order valence-corrected chi connectivity index (χ0v) is 10.4. The van der Waals surface area contributed by atoms with E-state index in [0.29, 0.717) is 17.8 Å². The fourth-order valence-electron chi connectivity index (χ4n) is 1.53. The van der Waals surface area contributed by atoms with Gasteiger partial charge in [0.25, 0.3) is 0 Å². The third-order valence-corrected chi connectivity index (χ3v) is 2.37. The zero-order valence-electron chi connectivity index (χ0n) is 10.4. The lowest BCUT2D eigenvalue weighted by Crippen LogP contribution is -2.31. The van der Waals surface area contributed by atoms with Gasteiger partial charge in [-0.15, -0.1) is 0 Å². The Kier molecular flexibility index (Phi) is 4.65. The SMILES string of the molecule is CC(C)CC(Nc1cc(C(N)=O)ccn1)C(=O)O. The Bertz CT molecular complexity index is 446. The minimum atomic E-state index is -0.949. The van der Waals surface area contributed by atoms with Crippen LogP contribution in [0.3, 0.4) is 0 Å². The van der Waals surface area contributed by atoms with Gasteiger partial charge in [0.15, 0.2) is 0 Å². The van der Waals surface area contributed by atoms with Crippen molar-refractivity contribution in [1.82, 2.24) is 4.98 Å². The average molecular weight is 251 g/mol. The number of nitrogens with two attached hydrogens (primary N) is 1. The summed E-state index contributed by atoms with van der Waals surface area (Å²) in [7, 11) is 0. The van der Waals surface area contributed by atoms with Gasteiger partial charge in [0.1, 0.15) is 11.9 Å². The summed E-state index contributed by atoms with van der Waals surface area (Å²) in [5.74, 6) is -0.955. The topological polar surface area (TPSA) is 105 Å². The number of amides is 1. The van der Waals surface area contributed by atoms with E-state index < -0.39 is 17.9 Å². The molecule has 1 amide bonds. The summed E-state index contributed by atoms with van der Waals surface area (Å²) in [5, 5.41) is 11.9. The molecule has 1 rings (SSSR count). The summed E-state index contributed by atoms with van der Waals surface area (Å²) < 4.78 is 0. The monoisotopic (exact) mass is 251 g/mol. The number of nitrogens with zero attached hydrogens (tertiary/aromatic N) is 1. The number of carboxylic acids is 1. The summed E-state index contributed by atoms with van der Waals surface area (Å²) in [6, 6.07) is 2.19. The lowest BCUT2D eigenvalue weighted by atomic mass is 10.0. The van der Waals surface area contributed by atoms with Gasteiger partial charge in [0.05, 0.1) is 0 Å². The summed E-state index contributed by atoms with van der Waals surface area (Å²) >= 11 is 0. The number of aromatic nitrogens is 1. The normalized spacial score (nSPS) is 12.2. The van der Waals surface area contributed by atoms with E-state index in [0.717, 1.165) is 0 Å². The molecule has 0 aliphatic carbocycles. The maximum Gasteiger partial charge on any atom is 0.326 e. The Morgan fingerprint density at radius 2 is 2.17 bits per heavy atom. The molecule has 0 fully saturated rings. The second kappa shape index (κ2) is 6.00. The first-order valence-corrected chi connectivity index (χ1v) is 5.65. The number of hydrogen-bond acceptors (Lipinski definition) is 4. The third-order valence-electron chi connectivity index (χ3n) is 2.37. The molecule has 1 atom stereocenters. The van der Waals surface area contributed by atoms with Gasteiger partial charge in [0, 0.05) is 11.8 Å². The number of rotatable bonds is 6. The number of nitrogens with one attached hydrogen (secondary N) is 1. The second-order valence-electron chi connectivity index (χ2n) is 4.46. The molecular weight excluding hydrogens is 234 g/mol. The number of carbonyl (C=O) groups is 2. The minimum absolute atomic E-state index is 0.234. The van der Waals surface area contributed by atoms with E-state index >= 15 is 0 Å². The highest BCUT2D eigenvalue weighted by atomic mass is 16.4. The van der Waals surface area contributed by atoms with Crippen LogP contribution in [0.4, 0.5) is 5.82 Å². The molecule has 0 aromatic carbocycles. The van der Waals surface area contributed by atoms with E-state index in [2.05, 4.69) is 10.3 Å². The van der Waals surface area contributed by atoms with E-state index in [4.69, 9.17) is 10.8 Å². The van der Waals surface area contributed by atoms with E-state index in [9.17, 15) is 9.59 Å². The smallest absolute Gasteiger partial charge is 0.326 e. The largest absolute Gasteiger partial charge is 0.480 e. The molecular formula is C12H17N3O3. The molecule has 98 valence electrons. The van der Waals surface area contributed by atoms with Crippen LogP contribution in [0, 0.1) is 5.92 Å². The number of pyridine rings is 1. The number of primary amides is 1. The van der Waals surface area contributed by atoms with E-state index in [1.54, 1.807) is 0 Å². The Balaban J connectivity index is 2.83. The van der Waals surface area contributed by atoms with Crippen LogP contribution in [0.5, 0.6) is 0 Å². The highest BCUT2D eigenvalue weighted by Gasteiger charge is 2.19. The molecule has 0 aliphatic heterocycles. The maximum absolute atomic E-state index is 11.1. The van der Waals surface area contributed by atoms with Crippen LogP contribution >= 0.6 is 0 Å². The van der Waals surface area contributed by atoms with Crippen molar-refractivity contribution in [3.05, 3.63) is 23.9 Å². The average Bonchev–Trinajstić information content (AvgIpc) is 2.27. The lowest BCUT2D eigenvalue weighted by Gasteiger charge is -2.17. The predicted molar refractivity (Wildman–Crippen MR) is 67.3 cm³/mol. The molecule has 4 N–H and O–H groups in total. The first-order chi connectivity index (χ1) is 8.40. The van der Waals surface area contributed by atoms with Crippen molar-refractivity contribution in [3.8, 4) is 0 Å². The maximum atomic E-state index is 11.1. The van der Waals surface area contributed by atoms with Crippen LogP contribution in [-0.2, 0) is 4.79 Å². The highest BCUT2D eigenvalue weighted by Crippen LogP contribution is 2.12. The molecule has 0 spiro atoms. The van der Waals surface area contributed by atoms with Gasteiger partial charge >= 0.3 is 5.97 Å². The van der Waals surface area contributed by atoms with Gasteiger partial charge < -0.3 is 16.2 Å². The van der Waals surface area contributed by atoms with Crippen molar-refractivity contribution in [2.45, 2.75) is 26.3 Å². The van der Waals surface area contributed by atoms with Crippen LogP contribution in [0.25, 0.3) is 0 Å². The number of carboxylic acid groups (broad SMARTS) is 1. The van der Waals surface area contributed by atoms with Gasteiger partial charge in [0.2, 0.25) is 5.91 Å². The standard InChI is InChI=1S/C12H17N3O3/c1-7(2)5-9(12(17)18)15-10-6-8(11(13)16)3-4-14-10/h3-4,6-7,9H,5H2,1-2H3,(H2,13,16)(H,14,15)(H,17,18).